The Morgan fingerprint density at radius 3 is 2.73 bits per heavy atom. The van der Waals surface area contributed by atoms with Gasteiger partial charge < -0.3 is 4.40 Å². The van der Waals surface area contributed by atoms with Crippen LogP contribution in [0.4, 0.5) is 0 Å². The van der Waals surface area contributed by atoms with E-state index < -0.39 is 0 Å². The smallest absolute Gasteiger partial charge is 0.192 e. The zero-order valence-corrected chi connectivity index (χ0v) is 15.4. The molecule has 1 aromatic carbocycles. The monoisotopic (exact) mass is 361 g/mol. The summed E-state index contributed by atoms with van der Waals surface area (Å²) in [6.45, 7) is 6.62. The number of hydrogen-bond acceptors (Lipinski definition) is 4. The molecule has 0 unspecified atom stereocenters. The van der Waals surface area contributed by atoms with Crippen LogP contribution in [-0.4, -0.2) is 24.1 Å². The largest absolute Gasteiger partial charge is 0.307 e. The van der Waals surface area contributed by atoms with Gasteiger partial charge in [-0.3, -0.25) is 4.57 Å². The van der Waals surface area contributed by atoms with Crippen LogP contribution in [0.2, 0.25) is 0 Å². The van der Waals surface area contributed by atoms with E-state index in [2.05, 4.69) is 63.7 Å². The summed E-state index contributed by atoms with van der Waals surface area (Å²) in [5.41, 5.74) is 4.26. The van der Waals surface area contributed by atoms with Crippen molar-refractivity contribution >= 4 is 17.4 Å². The molecule has 0 fully saturated rings. The van der Waals surface area contributed by atoms with Gasteiger partial charge in [0, 0.05) is 30.3 Å². The molecule has 0 atom stereocenters. The van der Waals surface area contributed by atoms with E-state index in [0.717, 1.165) is 33.6 Å². The molecule has 4 rings (SSSR count). The summed E-state index contributed by atoms with van der Waals surface area (Å²) in [5, 5.41) is 9.68. The lowest BCUT2D eigenvalue weighted by molar-refractivity contribution is 0.731. The summed E-state index contributed by atoms with van der Waals surface area (Å²) in [5.74, 6) is 1.60. The second-order valence-electron chi connectivity index (χ2n) is 6.06. The molecule has 0 saturated carbocycles. The number of hydrogen-bond donors (Lipinski definition) is 0. The minimum Gasteiger partial charge on any atom is -0.307 e. The zero-order chi connectivity index (χ0) is 17.9. The second kappa shape index (κ2) is 7.17. The molecule has 4 aromatic rings. The fourth-order valence-electron chi connectivity index (χ4n) is 2.80. The predicted octanol–water partition coefficient (Wildman–Crippen LogP) is 4.38. The van der Waals surface area contributed by atoms with Gasteiger partial charge in [0.15, 0.2) is 11.0 Å². The number of rotatable bonds is 6. The van der Waals surface area contributed by atoms with Gasteiger partial charge in [0.25, 0.3) is 0 Å². The molecule has 3 heterocycles. The van der Waals surface area contributed by atoms with E-state index >= 15 is 0 Å². The highest BCUT2D eigenvalue weighted by molar-refractivity contribution is 7.98. The van der Waals surface area contributed by atoms with E-state index in [-0.39, 0.29) is 0 Å². The van der Waals surface area contributed by atoms with Crippen molar-refractivity contribution in [3.05, 3.63) is 78.8 Å². The van der Waals surface area contributed by atoms with Crippen molar-refractivity contribution in [2.45, 2.75) is 24.4 Å². The maximum atomic E-state index is 4.64. The van der Waals surface area contributed by atoms with Gasteiger partial charge in [-0.05, 0) is 19.1 Å². The maximum absolute atomic E-state index is 4.64. The van der Waals surface area contributed by atoms with Gasteiger partial charge in [-0.25, -0.2) is 4.98 Å². The number of nitrogens with zero attached hydrogens (tertiary/aromatic N) is 5. The molecule has 0 bridgehead atoms. The lowest BCUT2D eigenvalue weighted by Gasteiger charge is -2.07. The van der Waals surface area contributed by atoms with Gasteiger partial charge in [0.1, 0.15) is 5.65 Å². The van der Waals surface area contributed by atoms with Gasteiger partial charge >= 0.3 is 0 Å². The minimum atomic E-state index is 0.670. The highest BCUT2D eigenvalue weighted by Gasteiger charge is 2.14. The zero-order valence-electron chi connectivity index (χ0n) is 14.5. The molecular weight excluding hydrogens is 342 g/mol. The van der Waals surface area contributed by atoms with E-state index in [1.165, 1.54) is 5.56 Å². The Morgan fingerprint density at radius 1 is 1.12 bits per heavy atom. The number of benzene rings is 1. The normalized spacial score (nSPS) is 11.1. The Labute approximate surface area is 156 Å². The lowest BCUT2D eigenvalue weighted by atomic mass is 10.1. The number of allylic oxidation sites excluding steroid dienone is 1. The molecule has 26 heavy (non-hydrogen) atoms. The first-order valence-electron chi connectivity index (χ1n) is 8.41. The standard InChI is InChI=1S/C20H19N5S/c1-3-11-25-19(16-9-7-15(2)8-10-16)22-23-20(25)26-14-17-13-24-12-5-4-6-18(24)21-17/h3-10,12-13H,1,11,14H2,2H3. The number of fused-ring (bicyclic) bond motifs is 1. The average Bonchev–Trinajstić information content (AvgIpc) is 3.25. The number of imidazole rings is 1. The quantitative estimate of drug-likeness (QED) is 0.378. The molecule has 0 N–H and O–H groups in total. The summed E-state index contributed by atoms with van der Waals surface area (Å²) < 4.78 is 4.13. The van der Waals surface area contributed by atoms with Crippen LogP contribution in [0.25, 0.3) is 17.0 Å². The van der Waals surface area contributed by atoms with Crippen LogP contribution >= 0.6 is 11.8 Å². The highest BCUT2D eigenvalue weighted by Crippen LogP contribution is 2.26. The van der Waals surface area contributed by atoms with Crippen LogP contribution in [0.15, 0.2) is 72.7 Å². The summed E-state index contributed by atoms with van der Waals surface area (Å²) in [6, 6.07) is 14.3. The third-order valence-electron chi connectivity index (χ3n) is 4.10. The lowest BCUT2D eigenvalue weighted by Crippen LogP contribution is -2.00. The van der Waals surface area contributed by atoms with Gasteiger partial charge in [-0.1, -0.05) is 53.7 Å². The molecule has 5 nitrogen and oxygen atoms in total. The fraction of sp³-hybridized carbons (Fsp3) is 0.150. The van der Waals surface area contributed by atoms with Gasteiger partial charge in [-0.15, -0.1) is 16.8 Å². The predicted molar refractivity (Wildman–Crippen MR) is 105 cm³/mol. The molecular formula is C20H19N5S. The third-order valence-corrected chi connectivity index (χ3v) is 5.10. The molecule has 0 spiro atoms. The van der Waals surface area contributed by atoms with E-state index in [1.807, 2.05) is 34.9 Å². The molecule has 0 aliphatic heterocycles. The van der Waals surface area contributed by atoms with E-state index in [0.29, 0.717) is 6.54 Å². The van der Waals surface area contributed by atoms with Crippen LogP contribution < -0.4 is 0 Å². The molecule has 0 saturated heterocycles. The number of aryl methyl sites for hydroxylation is 1. The topological polar surface area (TPSA) is 48.0 Å². The highest BCUT2D eigenvalue weighted by atomic mass is 32.2. The fourth-order valence-corrected chi connectivity index (χ4v) is 3.63. The Morgan fingerprint density at radius 2 is 1.96 bits per heavy atom. The van der Waals surface area contributed by atoms with E-state index in [1.54, 1.807) is 11.8 Å². The Balaban J connectivity index is 1.59. The number of pyridine rings is 1. The van der Waals surface area contributed by atoms with E-state index in [9.17, 15) is 0 Å². The van der Waals surface area contributed by atoms with E-state index in [4.69, 9.17) is 0 Å². The number of thioether (sulfide) groups is 1. The van der Waals surface area contributed by atoms with Gasteiger partial charge in [0.05, 0.1) is 5.69 Å². The van der Waals surface area contributed by atoms with Crippen molar-refractivity contribution in [1.29, 1.82) is 0 Å². The summed E-state index contributed by atoms with van der Waals surface area (Å²) in [7, 11) is 0. The Hall–Kier alpha value is -2.86. The van der Waals surface area contributed by atoms with Crippen molar-refractivity contribution in [1.82, 2.24) is 24.1 Å². The molecule has 0 aliphatic carbocycles. The first kappa shape index (κ1) is 16.6. The molecule has 0 radical (unpaired) electrons. The summed E-state index contributed by atoms with van der Waals surface area (Å²) >= 11 is 1.64. The average molecular weight is 361 g/mol. The van der Waals surface area contributed by atoms with Crippen molar-refractivity contribution in [2.75, 3.05) is 0 Å². The van der Waals surface area contributed by atoms with Crippen LogP contribution in [-0.2, 0) is 12.3 Å². The third kappa shape index (κ3) is 3.28. The molecule has 130 valence electrons. The van der Waals surface area contributed by atoms with Crippen molar-refractivity contribution < 1.29 is 0 Å². The van der Waals surface area contributed by atoms with Crippen LogP contribution in [0.1, 0.15) is 11.3 Å². The van der Waals surface area contributed by atoms with Crippen LogP contribution in [0.3, 0.4) is 0 Å². The Bertz CT molecular complexity index is 1010. The van der Waals surface area contributed by atoms with Crippen molar-refractivity contribution in [2.24, 2.45) is 0 Å². The molecule has 6 heteroatoms. The first-order chi connectivity index (χ1) is 12.7. The molecule has 0 amide bonds. The second-order valence-corrected chi connectivity index (χ2v) is 7.00. The maximum Gasteiger partial charge on any atom is 0.192 e. The Kier molecular flexibility index (Phi) is 4.58. The van der Waals surface area contributed by atoms with Gasteiger partial charge in [-0.2, -0.15) is 0 Å². The SMILES string of the molecule is C=CCn1c(SCc2cn3ccccc3n2)nnc1-c1ccc(C)cc1. The van der Waals surface area contributed by atoms with Crippen LogP contribution in [0.5, 0.6) is 0 Å². The molecule has 0 aliphatic rings. The van der Waals surface area contributed by atoms with Gasteiger partial charge in [0.2, 0.25) is 0 Å². The molecule has 3 aromatic heterocycles. The first-order valence-corrected chi connectivity index (χ1v) is 9.40. The minimum absolute atomic E-state index is 0.670. The summed E-state index contributed by atoms with van der Waals surface area (Å²) in [6.07, 6.45) is 5.93. The van der Waals surface area contributed by atoms with Crippen LogP contribution in [0, 0.1) is 6.92 Å². The number of aromatic nitrogens is 5. The van der Waals surface area contributed by atoms with Crippen molar-refractivity contribution in [3.63, 3.8) is 0 Å². The summed E-state index contributed by atoms with van der Waals surface area (Å²) in [4.78, 5) is 4.64. The van der Waals surface area contributed by atoms with Crippen molar-refractivity contribution in [3.8, 4) is 11.4 Å².